The second kappa shape index (κ2) is 7.12. The number of nitrogen functional groups attached to an aromatic ring is 1. The van der Waals surface area contributed by atoms with Crippen LogP contribution in [0.25, 0.3) is 22.3 Å². The molecule has 1 fully saturated rings. The lowest BCUT2D eigenvalue weighted by molar-refractivity contribution is -0.0501. The van der Waals surface area contributed by atoms with E-state index in [0.29, 0.717) is 16.6 Å². The molecule has 4 rings (SSSR count). The molecular weight excluding hydrogens is 430 g/mol. The number of aliphatic hydroxyl groups is 3. The average Bonchev–Trinajstić information content (AvgIpc) is 3.17. The molecule has 28 heavy (non-hydrogen) atoms. The highest BCUT2D eigenvalue weighted by molar-refractivity contribution is 9.10. The first-order valence-corrected chi connectivity index (χ1v) is 9.20. The van der Waals surface area contributed by atoms with E-state index in [0.717, 1.165) is 4.47 Å². The van der Waals surface area contributed by atoms with E-state index in [1.165, 1.54) is 10.9 Å². The Bertz CT molecular complexity index is 1100. The minimum absolute atomic E-state index is 0.114. The number of benzene rings is 1. The van der Waals surface area contributed by atoms with E-state index in [1.54, 1.807) is 18.2 Å². The van der Waals surface area contributed by atoms with Crippen molar-refractivity contribution >= 4 is 32.8 Å². The molecule has 1 saturated heterocycles. The van der Waals surface area contributed by atoms with Crippen molar-refractivity contribution in [3.63, 3.8) is 0 Å². The smallest absolute Gasteiger partial charge is 0.165 e. The number of fused-ring (bicyclic) bond motifs is 1. The summed E-state index contributed by atoms with van der Waals surface area (Å²) in [5, 5.41) is 40.4. The third kappa shape index (κ3) is 2.76. The summed E-state index contributed by atoms with van der Waals surface area (Å²) in [7, 11) is 0. The van der Waals surface area contributed by atoms with Gasteiger partial charge in [0.2, 0.25) is 0 Å². The predicted molar refractivity (Wildman–Crippen MR) is 103 cm³/mol. The summed E-state index contributed by atoms with van der Waals surface area (Å²) >= 11 is 3.42. The van der Waals surface area contributed by atoms with Crippen LogP contribution in [0.15, 0.2) is 35.1 Å². The van der Waals surface area contributed by atoms with Gasteiger partial charge in [-0.2, -0.15) is 5.26 Å². The van der Waals surface area contributed by atoms with Gasteiger partial charge in [0.15, 0.2) is 6.23 Å². The Morgan fingerprint density at radius 3 is 2.71 bits per heavy atom. The monoisotopic (exact) mass is 445 g/mol. The molecule has 2 aromatic heterocycles. The fourth-order valence-corrected chi connectivity index (χ4v) is 3.93. The average molecular weight is 446 g/mol. The van der Waals surface area contributed by atoms with Crippen molar-refractivity contribution in [1.29, 1.82) is 5.26 Å². The molecule has 1 aromatic carbocycles. The number of halogens is 1. The van der Waals surface area contributed by atoms with Crippen LogP contribution in [0.2, 0.25) is 0 Å². The zero-order valence-electron chi connectivity index (χ0n) is 14.4. The molecule has 1 aliphatic heterocycles. The van der Waals surface area contributed by atoms with Crippen molar-refractivity contribution in [2.75, 3.05) is 12.3 Å². The van der Waals surface area contributed by atoms with Gasteiger partial charge < -0.3 is 25.8 Å². The van der Waals surface area contributed by atoms with Gasteiger partial charge in [0.05, 0.1) is 23.3 Å². The summed E-state index contributed by atoms with van der Waals surface area (Å²) in [5.74, 6) is 0.114. The molecule has 9 nitrogen and oxygen atoms in total. The predicted octanol–water partition coefficient (Wildman–Crippen LogP) is 0.926. The molecule has 0 amide bonds. The Kier molecular flexibility index (Phi) is 4.78. The highest BCUT2D eigenvalue weighted by atomic mass is 79.9. The van der Waals surface area contributed by atoms with Gasteiger partial charge in [-0.1, -0.05) is 28.1 Å². The maximum Gasteiger partial charge on any atom is 0.165 e. The lowest BCUT2D eigenvalue weighted by atomic mass is 10.1. The van der Waals surface area contributed by atoms with Crippen molar-refractivity contribution in [3.05, 3.63) is 40.6 Å². The number of nitrogens with zero attached hydrogens (tertiary/aromatic N) is 4. The molecule has 0 unspecified atom stereocenters. The third-order valence-electron chi connectivity index (χ3n) is 4.79. The van der Waals surface area contributed by atoms with Crippen LogP contribution in [0, 0.1) is 11.3 Å². The molecule has 144 valence electrons. The van der Waals surface area contributed by atoms with E-state index in [1.807, 2.05) is 6.07 Å². The van der Waals surface area contributed by atoms with Gasteiger partial charge in [-0.3, -0.25) is 4.57 Å². The summed E-state index contributed by atoms with van der Waals surface area (Å²) in [6.07, 6.45) is -3.45. The van der Waals surface area contributed by atoms with Gasteiger partial charge in [-0.25, -0.2) is 9.97 Å². The first-order chi connectivity index (χ1) is 13.5. The lowest BCUT2D eigenvalue weighted by Gasteiger charge is -2.21. The maximum atomic E-state index is 10.6. The van der Waals surface area contributed by atoms with E-state index >= 15 is 0 Å². The van der Waals surface area contributed by atoms with E-state index in [2.05, 4.69) is 32.0 Å². The highest BCUT2D eigenvalue weighted by Gasteiger charge is 2.45. The number of rotatable bonds is 3. The van der Waals surface area contributed by atoms with Crippen LogP contribution in [-0.4, -0.2) is 54.8 Å². The van der Waals surface area contributed by atoms with Crippen molar-refractivity contribution in [2.24, 2.45) is 0 Å². The van der Waals surface area contributed by atoms with Crippen LogP contribution in [0.1, 0.15) is 11.8 Å². The molecule has 10 heteroatoms. The minimum Gasteiger partial charge on any atom is -0.394 e. The van der Waals surface area contributed by atoms with E-state index in [4.69, 9.17) is 10.5 Å². The molecular formula is C18H16BrN5O4. The molecule has 0 bridgehead atoms. The van der Waals surface area contributed by atoms with Crippen LogP contribution in [0.5, 0.6) is 0 Å². The van der Waals surface area contributed by atoms with Crippen LogP contribution in [0.3, 0.4) is 0 Å². The van der Waals surface area contributed by atoms with Gasteiger partial charge in [0, 0.05) is 10.0 Å². The first-order valence-electron chi connectivity index (χ1n) is 8.40. The summed E-state index contributed by atoms with van der Waals surface area (Å²) in [6.45, 7) is -0.470. The molecule has 5 N–H and O–H groups in total. The number of nitriles is 1. The zero-order valence-corrected chi connectivity index (χ0v) is 16.0. The normalized spacial score (nSPS) is 24.5. The second-order valence-electron chi connectivity index (χ2n) is 6.40. The Labute approximate surface area is 167 Å². The fourth-order valence-electron chi connectivity index (χ4n) is 3.53. The number of nitrogens with two attached hydrogens (primary N) is 1. The van der Waals surface area contributed by atoms with Crippen molar-refractivity contribution in [2.45, 2.75) is 24.5 Å². The first kappa shape index (κ1) is 18.8. The molecule has 0 aliphatic carbocycles. The Balaban J connectivity index is 2.06. The number of hydrogen-bond donors (Lipinski definition) is 4. The van der Waals surface area contributed by atoms with E-state index in [-0.39, 0.29) is 17.0 Å². The minimum atomic E-state index is -1.35. The number of anilines is 1. The SMILES string of the molecule is N#Cc1c(-c2cccc(Br)c2)n([C@H]2O[C@@H](CO)[C@@H](O)[C@@H]2O)c2ncnc(N)c12. The molecule has 1 aliphatic rings. The molecule has 3 heterocycles. The molecule has 4 atom stereocenters. The second-order valence-corrected chi connectivity index (χ2v) is 7.32. The van der Waals surface area contributed by atoms with Crippen molar-refractivity contribution in [1.82, 2.24) is 14.5 Å². The van der Waals surface area contributed by atoms with Crippen molar-refractivity contribution < 1.29 is 20.1 Å². The maximum absolute atomic E-state index is 10.6. The van der Waals surface area contributed by atoms with Crippen LogP contribution >= 0.6 is 15.9 Å². The number of hydrogen-bond acceptors (Lipinski definition) is 8. The topological polar surface area (TPSA) is 150 Å². The summed E-state index contributed by atoms with van der Waals surface area (Å²) < 4.78 is 8.02. The van der Waals surface area contributed by atoms with Gasteiger partial charge in [0.25, 0.3) is 0 Å². The molecule has 3 aromatic rings. The molecule has 0 saturated carbocycles. The van der Waals surface area contributed by atoms with Crippen LogP contribution in [0.4, 0.5) is 5.82 Å². The zero-order chi connectivity index (χ0) is 20.0. The molecule has 0 radical (unpaired) electrons. The summed E-state index contributed by atoms with van der Waals surface area (Å²) in [5.41, 5.74) is 7.60. The number of aliphatic hydroxyl groups excluding tert-OH is 3. The summed E-state index contributed by atoms with van der Waals surface area (Å²) in [6, 6.07) is 9.38. The largest absolute Gasteiger partial charge is 0.394 e. The standard InChI is InChI=1S/C18H16BrN5O4/c19-9-3-1-2-8(4-9)13-10(5-20)12-16(21)22-7-23-17(12)24(13)18-15(27)14(26)11(6-25)28-18/h1-4,7,11,14-15,18,25-27H,6H2,(H2,21,22,23)/t11-,14+,15-,18-/m0/s1. The Hall–Kier alpha value is -2.55. The lowest BCUT2D eigenvalue weighted by Crippen LogP contribution is -2.33. The Morgan fingerprint density at radius 2 is 2.07 bits per heavy atom. The summed E-state index contributed by atoms with van der Waals surface area (Å²) in [4.78, 5) is 8.22. The van der Waals surface area contributed by atoms with Gasteiger partial charge in [0.1, 0.15) is 42.2 Å². The Morgan fingerprint density at radius 1 is 1.29 bits per heavy atom. The van der Waals surface area contributed by atoms with Crippen LogP contribution < -0.4 is 5.73 Å². The fraction of sp³-hybridized carbons (Fsp3) is 0.278. The quantitative estimate of drug-likeness (QED) is 0.464. The number of aromatic nitrogens is 3. The van der Waals surface area contributed by atoms with Gasteiger partial charge in [-0.15, -0.1) is 0 Å². The number of ether oxygens (including phenoxy) is 1. The highest BCUT2D eigenvalue weighted by Crippen LogP contribution is 2.41. The van der Waals surface area contributed by atoms with Crippen LogP contribution in [-0.2, 0) is 4.74 Å². The third-order valence-corrected chi connectivity index (χ3v) is 5.29. The van der Waals surface area contributed by atoms with Gasteiger partial charge in [-0.05, 0) is 12.1 Å². The van der Waals surface area contributed by atoms with E-state index < -0.39 is 31.1 Å². The van der Waals surface area contributed by atoms with Crippen molar-refractivity contribution in [3.8, 4) is 17.3 Å². The molecule has 0 spiro atoms. The van der Waals surface area contributed by atoms with E-state index in [9.17, 15) is 20.6 Å². The van der Waals surface area contributed by atoms with Gasteiger partial charge >= 0.3 is 0 Å².